The second-order valence-electron chi connectivity index (χ2n) is 17.4. The molecule has 11 aromatic carbocycles. The molecule has 2 heterocycles. The minimum absolute atomic E-state index is 0.0247. The standard InChI is InChI=1S/C60H41BN2/c1-38-30-47(40-16-6-3-7-17-40)31-39(2)57(38)48-36-55-58-56(37-48)63(50-24-10-5-11-25-50)60-52-35-44-21-15-13-19-42(44)33-46(52)27-29-54(60)61(58)53-28-26-45-32-41-18-12-14-20-43(41)34-51(45)59(53)62(55)49-22-8-4-9-23-49/h3-37H,1-2H3. The average Bonchev–Trinajstić information content (AvgIpc) is 3.33. The third-order valence-electron chi connectivity index (χ3n) is 13.7. The first-order valence-corrected chi connectivity index (χ1v) is 22.0. The monoisotopic (exact) mass is 800 g/mol. The van der Waals surface area contributed by atoms with Crippen molar-refractivity contribution in [2.45, 2.75) is 13.8 Å². The summed E-state index contributed by atoms with van der Waals surface area (Å²) in [5.74, 6) is 0. The van der Waals surface area contributed by atoms with Crippen LogP contribution in [0.15, 0.2) is 212 Å². The summed E-state index contributed by atoms with van der Waals surface area (Å²) < 4.78 is 0. The summed E-state index contributed by atoms with van der Waals surface area (Å²) in [5, 5.41) is 9.98. The fourth-order valence-electron chi connectivity index (χ4n) is 11.1. The van der Waals surface area contributed by atoms with Crippen LogP contribution in [0.1, 0.15) is 11.1 Å². The third-order valence-corrected chi connectivity index (χ3v) is 13.7. The van der Waals surface area contributed by atoms with Crippen molar-refractivity contribution < 1.29 is 0 Å². The SMILES string of the molecule is Cc1cc(-c2ccccc2)cc(C)c1-c1cc2c3c(c1)N(c1ccccc1)c1c(ccc4cc5ccccc5cc14)B3c1ccc3cc4ccccc4cc3c1N2c1ccccc1. The summed E-state index contributed by atoms with van der Waals surface area (Å²) in [4.78, 5) is 5.16. The van der Waals surface area contributed by atoms with Gasteiger partial charge in [-0.3, -0.25) is 0 Å². The van der Waals surface area contributed by atoms with E-state index in [0.717, 1.165) is 11.4 Å². The molecule has 0 atom stereocenters. The van der Waals surface area contributed by atoms with Gasteiger partial charge in [0, 0.05) is 44.9 Å². The third kappa shape index (κ3) is 5.46. The molecule has 0 N–H and O–H groups in total. The van der Waals surface area contributed by atoms with Crippen LogP contribution >= 0.6 is 0 Å². The molecule has 0 bridgehead atoms. The van der Waals surface area contributed by atoms with Gasteiger partial charge in [-0.05, 0) is 157 Å². The molecule has 0 aromatic heterocycles. The van der Waals surface area contributed by atoms with Gasteiger partial charge in [0.2, 0.25) is 0 Å². The van der Waals surface area contributed by atoms with E-state index >= 15 is 0 Å². The van der Waals surface area contributed by atoms with Crippen LogP contribution in [0.25, 0.3) is 65.3 Å². The smallest absolute Gasteiger partial charge is 0.252 e. The first kappa shape index (κ1) is 35.8. The molecule has 0 unspecified atom stereocenters. The van der Waals surface area contributed by atoms with Gasteiger partial charge in [0.1, 0.15) is 0 Å². The molecule has 294 valence electrons. The van der Waals surface area contributed by atoms with E-state index in [1.807, 2.05) is 0 Å². The van der Waals surface area contributed by atoms with Gasteiger partial charge in [-0.2, -0.15) is 0 Å². The van der Waals surface area contributed by atoms with Gasteiger partial charge < -0.3 is 9.80 Å². The van der Waals surface area contributed by atoms with Crippen LogP contribution in [0, 0.1) is 13.8 Å². The highest BCUT2D eigenvalue weighted by Gasteiger charge is 2.45. The van der Waals surface area contributed by atoms with E-state index < -0.39 is 0 Å². The van der Waals surface area contributed by atoms with Gasteiger partial charge >= 0.3 is 0 Å². The molecule has 2 nitrogen and oxygen atoms in total. The Morgan fingerprint density at radius 1 is 0.333 bits per heavy atom. The number of aryl methyl sites for hydroxylation is 2. The highest BCUT2D eigenvalue weighted by Crippen LogP contribution is 2.50. The number of hydrogen-bond acceptors (Lipinski definition) is 2. The Labute approximate surface area is 368 Å². The Bertz CT molecular complexity index is 3440. The number of para-hydroxylation sites is 2. The summed E-state index contributed by atoms with van der Waals surface area (Å²) >= 11 is 0. The lowest BCUT2D eigenvalue weighted by Crippen LogP contribution is -2.61. The Balaban J connectivity index is 1.19. The van der Waals surface area contributed by atoms with Crippen LogP contribution in [-0.2, 0) is 0 Å². The Hall–Kier alpha value is -7.88. The van der Waals surface area contributed by atoms with Crippen LogP contribution in [-0.4, -0.2) is 6.71 Å². The van der Waals surface area contributed by atoms with Gasteiger partial charge in [-0.15, -0.1) is 0 Å². The van der Waals surface area contributed by atoms with Crippen molar-refractivity contribution in [3.05, 3.63) is 223 Å². The summed E-state index contributed by atoms with van der Waals surface area (Å²) in [6.45, 7) is 4.55. The van der Waals surface area contributed by atoms with Gasteiger partial charge in [0.25, 0.3) is 6.71 Å². The minimum Gasteiger partial charge on any atom is -0.311 e. The summed E-state index contributed by atoms with van der Waals surface area (Å²) in [6, 6.07) is 79.3. The molecule has 2 aliphatic rings. The maximum Gasteiger partial charge on any atom is 0.252 e. The first-order valence-electron chi connectivity index (χ1n) is 22.0. The molecule has 0 radical (unpaired) electrons. The van der Waals surface area contributed by atoms with Crippen molar-refractivity contribution in [2.75, 3.05) is 9.80 Å². The second-order valence-corrected chi connectivity index (χ2v) is 17.4. The van der Waals surface area contributed by atoms with Crippen molar-refractivity contribution >= 4 is 100 Å². The number of rotatable bonds is 4. The predicted octanol–water partition coefficient (Wildman–Crippen LogP) is 14.3. The largest absolute Gasteiger partial charge is 0.311 e. The maximum absolute atomic E-state index is 2.58. The van der Waals surface area contributed by atoms with Gasteiger partial charge in [-0.1, -0.05) is 152 Å². The molecule has 3 heteroatoms. The van der Waals surface area contributed by atoms with Crippen molar-refractivity contribution in [3.63, 3.8) is 0 Å². The van der Waals surface area contributed by atoms with E-state index in [9.17, 15) is 0 Å². The van der Waals surface area contributed by atoms with Crippen molar-refractivity contribution in [2.24, 2.45) is 0 Å². The molecule has 0 spiro atoms. The molecule has 63 heavy (non-hydrogen) atoms. The fourth-order valence-corrected chi connectivity index (χ4v) is 11.1. The van der Waals surface area contributed by atoms with Crippen molar-refractivity contribution in [1.82, 2.24) is 0 Å². The summed E-state index contributed by atoms with van der Waals surface area (Å²) in [6.07, 6.45) is 0. The van der Waals surface area contributed by atoms with Gasteiger partial charge in [0.15, 0.2) is 0 Å². The van der Waals surface area contributed by atoms with Crippen LogP contribution in [0.3, 0.4) is 0 Å². The topological polar surface area (TPSA) is 6.48 Å². The number of benzene rings is 11. The predicted molar refractivity (Wildman–Crippen MR) is 271 cm³/mol. The van der Waals surface area contributed by atoms with E-state index in [1.165, 1.54) is 116 Å². The fraction of sp³-hybridized carbons (Fsp3) is 0.0333. The lowest BCUT2D eigenvalue weighted by molar-refractivity contribution is 1.26. The zero-order chi connectivity index (χ0) is 41.8. The quantitative estimate of drug-likeness (QED) is 0.129. The van der Waals surface area contributed by atoms with E-state index in [0.29, 0.717) is 0 Å². The highest BCUT2D eigenvalue weighted by molar-refractivity contribution is 7.00. The van der Waals surface area contributed by atoms with E-state index in [-0.39, 0.29) is 6.71 Å². The molecule has 0 aliphatic carbocycles. The van der Waals surface area contributed by atoms with E-state index in [1.54, 1.807) is 0 Å². The number of nitrogens with zero attached hydrogens (tertiary/aromatic N) is 2. The zero-order valence-electron chi connectivity index (χ0n) is 35.2. The molecule has 0 saturated heterocycles. The van der Waals surface area contributed by atoms with Crippen molar-refractivity contribution in [1.29, 1.82) is 0 Å². The van der Waals surface area contributed by atoms with Crippen LogP contribution < -0.4 is 26.2 Å². The van der Waals surface area contributed by atoms with Gasteiger partial charge in [0.05, 0.1) is 0 Å². The molecule has 0 saturated carbocycles. The number of anilines is 6. The molecular formula is C60H41BN2. The molecule has 13 rings (SSSR count). The zero-order valence-corrected chi connectivity index (χ0v) is 35.2. The summed E-state index contributed by atoms with van der Waals surface area (Å²) in [5.41, 5.74) is 18.6. The first-order chi connectivity index (χ1) is 31.1. The van der Waals surface area contributed by atoms with E-state index in [4.69, 9.17) is 0 Å². The Morgan fingerprint density at radius 3 is 1.21 bits per heavy atom. The normalized spacial score (nSPS) is 12.8. The molecule has 0 amide bonds. The maximum atomic E-state index is 2.58. The Kier molecular flexibility index (Phi) is 7.86. The lowest BCUT2D eigenvalue weighted by atomic mass is 9.33. The van der Waals surface area contributed by atoms with Crippen LogP contribution in [0.4, 0.5) is 34.1 Å². The average molecular weight is 801 g/mol. The Morgan fingerprint density at radius 2 is 0.746 bits per heavy atom. The highest BCUT2D eigenvalue weighted by atomic mass is 15.2. The second kappa shape index (κ2) is 13.8. The van der Waals surface area contributed by atoms with E-state index in [2.05, 4.69) is 236 Å². The van der Waals surface area contributed by atoms with Crippen LogP contribution in [0.2, 0.25) is 0 Å². The molecular weight excluding hydrogens is 759 g/mol. The minimum atomic E-state index is -0.0247. The summed E-state index contributed by atoms with van der Waals surface area (Å²) in [7, 11) is 0. The number of fused-ring (bicyclic) bond motifs is 10. The molecule has 11 aromatic rings. The van der Waals surface area contributed by atoms with Crippen LogP contribution in [0.5, 0.6) is 0 Å². The molecule has 0 fully saturated rings. The van der Waals surface area contributed by atoms with Gasteiger partial charge in [-0.25, -0.2) is 0 Å². The number of hydrogen-bond donors (Lipinski definition) is 0. The molecule has 2 aliphatic heterocycles. The lowest BCUT2D eigenvalue weighted by Gasteiger charge is -2.45. The van der Waals surface area contributed by atoms with Crippen molar-refractivity contribution in [3.8, 4) is 22.3 Å².